The average molecular weight is 297 g/mol. The van der Waals surface area contributed by atoms with Crippen molar-refractivity contribution in [1.82, 2.24) is 5.32 Å². The molecule has 1 saturated carbocycles. The van der Waals surface area contributed by atoms with Crippen LogP contribution < -0.4 is 5.32 Å². The summed E-state index contributed by atoms with van der Waals surface area (Å²) in [7, 11) is 0. The maximum Gasteiger partial charge on any atom is 0.273 e. The minimum atomic E-state index is -0.352. The van der Waals surface area contributed by atoms with Gasteiger partial charge in [-0.15, -0.1) is 0 Å². The molecule has 1 fully saturated rings. The zero-order valence-corrected chi connectivity index (χ0v) is 12.5. The molecule has 0 saturated heterocycles. The quantitative estimate of drug-likeness (QED) is 0.655. The fraction of sp³-hybridized carbons (Fsp3) is 0.600. The highest BCUT2D eigenvalue weighted by Gasteiger charge is 2.18. The van der Waals surface area contributed by atoms with Gasteiger partial charge in [0.25, 0.3) is 5.69 Å². The monoisotopic (exact) mass is 296 g/mol. The van der Waals surface area contributed by atoms with Crippen molar-refractivity contribution >= 4 is 17.3 Å². The molecule has 0 unspecified atom stereocenters. The average Bonchev–Trinajstić information content (AvgIpc) is 2.41. The zero-order valence-electron chi connectivity index (χ0n) is 11.8. The second-order valence-corrected chi connectivity index (χ2v) is 6.22. The van der Waals surface area contributed by atoms with E-state index in [2.05, 4.69) is 12.2 Å². The van der Waals surface area contributed by atoms with Crippen molar-refractivity contribution in [3.63, 3.8) is 0 Å². The highest BCUT2D eigenvalue weighted by molar-refractivity contribution is 6.30. The van der Waals surface area contributed by atoms with Gasteiger partial charge in [0.1, 0.15) is 0 Å². The van der Waals surface area contributed by atoms with E-state index in [1.807, 2.05) is 0 Å². The lowest BCUT2D eigenvalue weighted by Gasteiger charge is -2.26. The van der Waals surface area contributed by atoms with Crippen LogP contribution in [0.15, 0.2) is 18.2 Å². The van der Waals surface area contributed by atoms with Crippen LogP contribution in [-0.2, 0) is 6.54 Å². The van der Waals surface area contributed by atoms with Crippen molar-refractivity contribution in [3.8, 4) is 0 Å². The van der Waals surface area contributed by atoms with Crippen molar-refractivity contribution in [3.05, 3.63) is 38.9 Å². The molecule has 0 bridgehead atoms. The summed E-state index contributed by atoms with van der Waals surface area (Å²) in [5, 5.41) is 14.9. The van der Waals surface area contributed by atoms with Crippen LogP contribution in [0.3, 0.4) is 0 Å². The van der Waals surface area contributed by atoms with Crippen LogP contribution in [-0.4, -0.2) is 11.5 Å². The van der Waals surface area contributed by atoms with Gasteiger partial charge in [-0.2, -0.15) is 0 Å². The fourth-order valence-electron chi connectivity index (χ4n) is 2.82. The second kappa shape index (κ2) is 7.04. The number of hydrogen-bond donors (Lipinski definition) is 1. The molecule has 1 aliphatic rings. The predicted octanol–water partition coefficient (Wildman–Crippen LogP) is 4.16. The highest BCUT2D eigenvalue weighted by atomic mass is 35.5. The third-order valence-corrected chi connectivity index (χ3v) is 4.36. The Balaban J connectivity index is 1.87. The van der Waals surface area contributed by atoms with E-state index in [1.54, 1.807) is 12.1 Å². The van der Waals surface area contributed by atoms with Crippen LogP contribution in [0.25, 0.3) is 0 Å². The van der Waals surface area contributed by atoms with Crippen molar-refractivity contribution in [2.75, 3.05) is 6.54 Å². The van der Waals surface area contributed by atoms with Gasteiger partial charge in [-0.05, 0) is 43.4 Å². The van der Waals surface area contributed by atoms with Gasteiger partial charge in [-0.25, -0.2) is 0 Å². The molecule has 2 rings (SSSR count). The molecule has 0 amide bonds. The molecular weight excluding hydrogens is 276 g/mol. The van der Waals surface area contributed by atoms with E-state index in [1.165, 1.54) is 31.7 Å². The number of nitro benzene ring substituents is 1. The summed E-state index contributed by atoms with van der Waals surface area (Å²) in [6, 6.07) is 4.71. The molecule has 20 heavy (non-hydrogen) atoms. The summed E-state index contributed by atoms with van der Waals surface area (Å²) in [5.41, 5.74) is 0.797. The molecule has 1 aromatic rings. The van der Waals surface area contributed by atoms with Crippen LogP contribution in [0.2, 0.25) is 5.02 Å². The van der Waals surface area contributed by atoms with E-state index < -0.39 is 0 Å². The minimum absolute atomic E-state index is 0.138. The first-order valence-electron chi connectivity index (χ1n) is 7.20. The molecule has 1 aliphatic carbocycles. The maximum absolute atomic E-state index is 11.0. The minimum Gasteiger partial charge on any atom is -0.312 e. The standard InChI is InChI=1S/C15H21ClN2O2/c1-11-2-4-12(5-3-11)9-17-10-13-8-14(16)6-7-15(13)18(19)20/h6-8,11-12,17H,2-5,9-10H2,1H3. The van der Waals surface area contributed by atoms with Crippen LogP contribution in [0.5, 0.6) is 0 Å². The normalized spacial score (nSPS) is 22.7. The first kappa shape index (κ1) is 15.3. The molecule has 0 aromatic heterocycles. The molecule has 110 valence electrons. The lowest BCUT2D eigenvalue weighted by Crippen LogP contribution is -2.26. The lowest BCUT2D eigenvalue weighted by molar-refractivity contribution is -0.385. The van der Waals surface area contributed by atoms with E-state index in [0.29, 0.717) is 23.0 Å². The third-order valence-electron chi connectivity index (χ3n) is 4.12. The maximum atomic E-state index is 11.0. The van der Waals surface area contributed by atoms with Gasteiger partial charge >= 0.3 is 0 Å². The van der Waals surface area contributed by atoms with E-state index in [-0.39, 0.29) is 10.6 Å². The van der Waals surface area contributed by atoms with E-state index in [9.17, 15) is 10.1 Å². The third kappa shape index (κ3) is 4.18. The Morgan fingerprint density at radius 1 is 1.35 bits per heavy atom. The van der Waals surface area contributed by atoms with Gasteiger partial charge in [-0.1, -0.05) is 31.4 Å². The van der Waals surface area contributed by atoms with Gasteiger partial charge < -0.3 is 5.32 Å². The Bertz CT molecular complexity index is 471. The molecule has 0 spiro atoms. The van der Waals surface area contributed by atoms with Crippen LogP contribution in [0.1, 0.15) is 38.2 Å². The summed E-state index contributed by atoms with van der Waals surface area (Å²) in [6.45, 7) is 3.73. The zero-order chi connectivity index (χ0) is 14.5. The Labute approximate surface area is 124 Å². The summed E-state index contributed by atoms with van der Waals surface area (Å²) in [6.07, 6.45) is 5.10. The first-order chi connectivity index (χ1) is 9.56. The molecule has 4 nitrogen and oxygen atoms in total. The van der Waals surface area contributed by atoms with E-state index >= 15 is 0 Å². The van der Waals surface area contributed by atoms with E-state index in [0.717, 1.165) is 12.5 Å². The van der Waals surface area contributed by atoms with Crippen molar-refractivity contribution in [2.24, 2.45) is 11.8 Å². The van der Waals surface area contributed by atoms with E-state index in [4.69, 9.17) is 11.6 Å². The van der Waals surface area contributed by atoms with Crippen LogP contribution in [0.4, 0.5) is 5.69 Å². The van der Waals surface area contributed by atoms with Gasteiger partial charge in [0.05, 0.1) is 4.92 Å². The number of nitro groups is 1. The summed E-state index contributed by atoms with van der Waals surface area (Å²) in [5.74, 6) is 1.55. The summed E-state index contributed by atoms with van der Waals surface area (Å²) >= 11 is 5.91. The van der Waals surface area contributed by atoms with Crippen LogP contribution >= 0.6 is 11.6 Å². The second-order valence-electron chi connectivity index (χ2n) is 5.79. The van der Waals surface area contributed by atoms with Gasteiger partial charge in [0.2, 0.25) is 0 Å². The van der Waals surface area contributed by atoms with Gasteiger partial charge in [0.15, 0.2) is 0 Å². The SMILES string of the molecule is CC1CCC(CNCc2cc(Cl)ccc2[N+](=O)[O-])CC1. The highest BCUT2D eigenvalue weighted by Crippen LogP contribution is 2.28. The van der Waals surface area contributed by atoms with Gasteiger partial charge in [0, 0.05) is 23.2 Å². The molecule has 1 aromatic carbocycles. The largest absolute Gasteiger partial charge is 0.312 e. The molecule has 0 radical (unpaired) electrons. The number of hydrogen-bond acceptors (Lipinski definition) is 3. The molecule has 0 aliphatic heterocycles. The number of halogens is 1. The number of benzene rings is 1. The summed E-state index contributed by atoms with van der Waals surface area (Å²) in [4.78, 5) is 10.6. The predicted molar refractivity (Wildman–Crippen MR) is 80.9 cm³/mol. The number of rotatable bonds is 5. The Morgan fingerprint density at radius 3 is 2.70 bits per heavy atom. The fourth-order valence-corrected chi connectivity index (χ4v) is 3.01. The Morgan fingerprint density at radius 2 is 2.05 bits per heavy atom. The summed E-state index contributed by atoms with van der Waals surface area (Å²) < 4.78 is 0. The lowest BCUT2D eigenvalue weighted by atomic mass is 9.83. The van der Waals surface area contributed by atoms with Crippen molar-refractivity contribution < 1.29 is 4.92 Å². The topological polar surface area (TPSA) is 55.2 Å². The van der Waals surface area contributed by atoms with Crippen molar-refractivity contribution in [1.29, 1.82) is 0 Å². The number of nitrogens with one attached hydrogen (secondary N) is 1. The molecule has 1 N–H and O–H groups in total. The van der Waals surface area contributed by atoms with Crippen LogP contribution in [0, 0.1) is 22.0 Å². The van der Waals surface area contributed by atoms with Gasteiger partial charge in [-0.3, -0.25) is 10.1 Å². The first-order valence-corrected chi connectivity index (χ1v) is 7.57. The molecule has 5 heteroatoms. The molecular formula is C15H21ClN2O2. The number of nitrogens with zero attached hydrogens (tertiary/aromatic N) is 1. The Kier molecular flexibility index (Phi) is 5.38. The molecule has 0 heterocycles. The van der Waals surface area contributed by atoms with Crippen molar-refractivity contribution in [2.45, 2.75) is 39.2 Å². The smallest absolute Gasteiger partial charge is 0.273 e. The Hall–Kier alpha value is -1.13. The molecule has 0 atom stereocenters.